The first-order valence-corrected chi connectivity index (χ1v) is 16.5. The summed E-state index contributed by atoms with van der Waals surface area (Å²) in [5.41, 5.74) is 22.3. The second-order valence-electron chi connectivity index (χ2n) is 9.60. The summed E-state index contributed by atoms with van der Waals surface area (Å²) in [6, 6.07) is 5.96. The van der Waals surface area contributed by atoms with Gasteiger partial charge >= 0.3 is 6.09 Å². The van der Waals surface area contributed by atoms with Gasteiger partial charge in [0.25, 0.3) is 0 Å². The maximum atomic E-state index is 11.2. The molecule has 0 bridgehead atoms. The van der Waals surface area contributed by atoms with Crippen LogP contribution in [0.15, 0.2) is 24.4 Å². The van der Waals surface area contributed by atoms with E-state index in [-0.39, 0.29) is 24.0 Å². The highest BCUT2D eigenvalue weighted by Gasteiger charge is 2.21. The molecule has 19 nitrogen and oxygen atoms in total. The zero-order chi connectivity index (χ0) is 42.9. The molecule has 0 aliphatic carbocycles. The summed E-state index contributed by atoms with van der Waals surface area (Å²) < 4.78 is 4.86. The van der Waals surface area contributed by atoms with Crippen molar-refractivity contribution in [2.75, 3.05) is 52.4 Å². The Morgan fingerprint density at radius 2 is 1.38 bits per heavy atom. The first kappa shape index (κ1) is 63.0. The van der Waals surface area contributed by atoms with Gasteiger partial charge in [-0.05, 0) is 124 Å². The van der Waals surface area contributed by atoms with Crippen LogP contribution in [0.4, 0.5) is 4.79 Å². The Morgan fingerprint density at radius 3 is 1.70 bits per heavy atom. The number of pyridine rings is 1. The average Bonchev–Trinajstić information content (AvgIpc) is 3.68. The van der Waals surface area contributed by atoms with E-state index in [1.165, 1.54) is 0 Å². The number of nitrogens with two attached hydrogens (primary N) is 4. The van der Waals surface area contributed by atoms with E-state index >= 15 is 0 Å². The van der Waals surface area contributed by atoms with Crippen LogP contribution in [0.3, 0.4) is 0 Å². The number of primary amides is 1. The molecular formula is C34H71N15O4. The largest absolute Gasteiger partial charge is 0.450 e. The van der Waals surface area contributed by atoms with Crippen molar-refractivity contribution >= 4 is 64.9 Å². The van der Waals surface area contributed by atoms with Crippen LogP contribution in [-0.4, -0.2) is 138 Å². The number of amides is 3. The van der Waals surface area contributed by atoms with Gasteiger partial charge in [-0.15, -0.1) is 0 Å². The molecule has 3 aliphatic heterocycles. The third-order valence-corrected chi connectivity index (χ3v) is 6.55. The van der Waals surface area contributed by atoms with Gasteiger partial charge in [-0.25, -0.2) is 4.79 Å². The number of carbonyl (C=O) groups is 3. The summed E-state index contributed by atoms with van der Waals surface area (Å²) in [5, 5.41) is 41.7. The van der Waals surface area contributed by atoms with Crippen LogP contribution in [0, 0.1) is 43.8 Å². The van der Waals surface area contributed by atoms with Crippen LogP contribution in [0.1, 0.15) is 57.6 Å². The maximum absolute atomic E-state index is 11.2. The summed E-state index contributed by atoms with van der Waals surface area (Å²) in [5.74, 6) is 0.288. The number of nitrogens with zero attached hydrogens (tertiary/aromatic N) is 3. The van der Waals surface area contributed by atoms with Crippen molar-refractivity contribution in [1.82, 2.24) is 20.1 Å². The van der Waals surface area contributed by atoms with Crippen LogP contribution in [0.25, 0.3) is 0 Å². The van der Waals surface area contributed by atoms with Crippen molar-refractivity contribution in [3.05, 3.63) is 30.1 Å². The van der Waals surface area contributed by atoms with Crippen molar-refractivity contribution in [3.63, 3.8) is 0 Å². The summed E-state index contributed by atoms with van der Waals surface area (Å²) in [4.78, 5) is 40.3. The molecule has 1 aromatic heterocycles. The number of carbonyl (C=O) groups excluding carboxylic acids is 3. The number of hydrogen-bond donors (Lipinski definition) is 12. The fourth-order valence-electron chi connectivity index (χ4n) is 4.14. The lowest BCUT2D eigenvalue weighted by atomic mass is 9.98. The molecule has 53 heavy (non-hydrogen) atoms. The molecule has 0 radical (unpaired) electrons. The number of aromatic nitrogens is 1. The highest BCUT2D eigenvalue weighted by molar-refractivity contribution is 5.78. The zero-order valence-electron chi connectivity index (χ0n) is 32.0. The Balaban J connectivity index is -0.0000000961. The van der Waals surface area contributed by atoms with E-state index < -0.39 is 0 Å². The molecule has 16 N–H and O–H groups in total. The number of ether oxygens (including phenoxy) is 1. The van der Waals surface area contributed by atoms with E-state index in [9.17, 15) is 14.4 Å². The number of likely N-dealkylation sites (tertiary alicyclic amines) is 2. The SMILES string of the molecule is C=N.C=N.C=N.C=N.C=N.C=N.C=N.CCOC(=O)N1CCC(N)CC1.NC(=O)C1CCNCC1.NCCCN1CCCC1=O.NCc1ccccn1. The minimum absolute atomic E-state index is 0.131. The molecule has 3 saturated heterocycles. The molecule has 3 amide bonds. The fraction of sp³-hybridized carbons (Fsp3) is 0.559. The van der Waals surface area contributed by atoms with Crippen molar-refractivity contribution in [2.24, 2.45) is 28.9 Å². The normalized spacial score (nSPS) is 13.5. The Bertz CT molecular complexity index is 905. The standard InChI is InChI=1S/C8H16N2O2.C7H14N2O.C6H12N2O.C6H8N2.7CH3N/c1-2-12-8(11)10-5-3-7(9)4-6-10;8-4-2-6-9-5-1-3-7(9)10;7-6(9)5-1-3-8-4-2-5;7-5-6-3-1-2-4-8-6;7*1-2/h7H,2-6,9H2,1H3;1-6,8H2;5,8H,1-4H2,(H2,7,9);1-4H,5,7H2;7*2H,1H2. The van der Waals surface area contributed by atoms with E-state index in [1.54, 1.807) is 11.1 Å². The topological polar surface area (TPSA) is 363 Å². The first-order chi connectivity index (χ1) is 25.8. The molecule has 19 heteroatoms. The number of rotatable bonds is 6. The van der Waals surface area contributed by atoms with Crippen LogP contribution in [0.5, 0.6) is 0 Å². The lowest BCUT2D eigenvalue weighted by Crippen LogP contribution is -2.43. The molecule has 0 spiro atoms. The predicted molar refractivity (Wildman–Crippen MR) is 221 cm³/mol. The van der Waals surface area contributed by atoms with Gasteiger partial charge in [0.05, 0.1) is 12.3 Å². The third kappa shape index (κ3) is 41.2. The van der Waals surface area contributed by atoms with Crippen molar-refractivity contribution in [2.45, 2.75) is 64.5 Å². The Labute approximate surface area is 317 Å². The van der Waals surface area contributed by atoms with Gasteiger partial charge in [-0.3, -0.25) is 14.6 Å². The lowest BCUT2D eigenvalue weighted by Gasteiger charge is -2.29. The number of nitrogens with one attached hydrogen (secondary N) is 8. The summed E-state index contributed by atoms with van der Waals surface area (Å²) in [6.45, 7) is 26.1. The molecule has 4 heterocycles. The van der Waals surface area contributed by atoms with Crippen LogP contribution in [0.2, 0.25) is 0 Å². The summed E-state index contributed by atoms with van der Waals surface area (Å²) in [7, 11) is 0. The summed E-state index contributed by atoms with van der Waals surface area (Å²) >= 11 is 0. The minimum Gasteiger partial charge on any atom is -0.450 e. The summed E-state index contributed by atoms with van der Waals surface area (Å²) in [6.07, 6.45) is 7.84. The van der Waals surface area contributed by atoms with Gasteiger partial charge in [-0.2, -0.15) is 0 Å². The van der Waals surface area contributed by atoms with Crippen molar-refractivity contribution < 1.29 is 19.1 Å². The molecular weight excluding hydrogens is 682 g/mol. The van der Waals surface area contributed by atoms with Crippen LogP contribution in [-0.2, 0) is 20.9 Å². The van der Waals surface area contributed by atoms with E-state index in [4.69, 9.17) is 65.5 Å². The van der Waals surface area contributed by atoms with Gasteiger partial charge in [0.1, 0.15) is 0 Å². The van der Waals surface area contributed by atoms with Crippen molar-refractivity contribution in [1.29, 1.82) is 37.9 Å². The molecule has 306 valence electrons. The molecule has 4 rings (SSSR count). The van der Waals surface area contributed by atoms with Gasteiger partial charge < -0.3 is 80.7 Å². The highest BCUT2D eigenvalue weighted by atomic mass is 16.6. The highest BCUT2D eigenvalue weighted by Crippen LogP contribution is 2.10. The van der Waals surface area contributed by atoms with Crippen LogP contribution >= 0.6 is 0 Å². The van der Waals surface area contributed by atoms with E-state index in [0.717, 1.165) is 89.9 Å². The Kier molecular flexibility index (Phi) is 66.9. The molecule has 3 aliphatic rings. The lowest BCUT2D eigenvalue weighted by molar-refractivity contribution is -0.127. The first-order valence-electron chi connectivity index (χ1n) is 16.5. The Morgan fingerprint density at radius 1 is 0.868 bits per heavy atom. The zero-order valence-corrected chi connectivity index (χ0v) is 32.0. The molecule has 1 aromatic rings. The van der Waals surface area contributed by atoms with E-state index in [1.807, 2.05) is 30.0 Å². The molecule has 3 fully saturated rings. The Hall–Kier alpha value is -5.11. The van der Waals surface area contributed by atoms with E-state index in [2.05, 4.69) is 57.3 Å². The van der Waals surface area contributed by atoms with E-state index in [0.29, 0.717) is 25.6 Å². The predicted octanol–water partition coefficient (Wildman–Crippen LogP) is 2.40. The van der Waals surface area contributed by atoms with Crippen LogP contribution < -0.4 is 28.3 Å². The van der Waals surface area contributed by atoms with Crippen molar-refractivity contribution in [3.8, 4) is 0 Å². The van der Waals surface area contributed by atoms with Gasteiger partial charge in [0.15, 0.2) is 0 Å². The molecule has 0 unspecified atom stereocenters. The second kappa shape index (κ2) is 56.3. The maximum Gasteiger partial charge on any atom is 0.409 e. The molecule has 0 saturated carbocycles. The molecule has 0 aromatic carbocycles. The third-order valence-electron chi connectivity index (χ3n) is 6.55. The minimum atomic E-state index is -0.204. The second-order valence-corrected chi connectivity index (χ2v) is 9.60. The smallest absolute Gasteiger partial charge is 0.409 e. The quantitative estimate of drug-likeness (QED) is 0.189. The van der Waals surface area contributed by atoms with Gasteiger partial charge in [0, 0.05) is 57.3 Å². The fourth-order valence-corrected chi connectivity index (χ4v) is 4.14. The average molecular weight is 754 g/mol. The number of piperidine rings is 2. The monoisotopic (exact) mass is 754 g/mol. The van der Waals surface area contributed by atoms with Gasteiger partial charge in [0.2, 0.25) is 11.8 Å². The number of hydrogen-bond acceptors (Lipinski definition) is 16. The van der Waals surface area contributed by atoms with Gasteiger partial charge in [-0.1, -0.05) is 6.07 Å². The molecule has 0 atom stereocenters.